The summed E-state index contributed by atoms with van der Waals surface area (Å²) in [7, 11) is 0. The average Bonchev–Trinajstić information content (AvgIpc) is 3.39. The van der Waals surface area contributed by atoms with Crippen molar-refractivity contribution < 1.29 is 24.5 Å². The molecule has 0 radical (unpaired) electrons. The predicted molar refractivity (Wildman–Crippen MR) is 112 cm³/mol. The van der Waals surface area contributed by atoms with Gasteiger partial charge in [-0.2, -0.15) is 5.10 Å². The number of carboxylic acid groups (broad SMARTS) is 1. The minimum atomic E-state index is -1.04. The number of nitrogens with zero attached hydrogens (tertiary/aromatic N) is 2. The summed E-state index contributed by atoms with van der Waals surface area (Å²) in [4.78, 5) is 26.5. The maximum Gasteiger partial charge on any atom is 0.345 e. The summed E-state index contributed by atoms with van der Waals surface area (Å²) >= 11 is 1.11. The summed E-state index contributed by atoms with van der Waals surface area (Å²) < 4.78 is 7.86. The Hall–Kier alpha value is -3.21. The van der Waals surface area contributed by atoms with Crippen LogP contribution in [0.5, 0.6) is 0 Å². The van der Waals surface area contributed by atoms with Gasteiger partial charge in [-0.1, -0.05) is 6.07 Å². The average molecular weight is 428 g/mol. The molecule has 0 fully saturated rings. The predicted octanol–water partition coefficient (Wildman–Crippen LogP) is 2.85. The number of nitrogens with one attached hydrogen (secondary N) is 1. The first-order valence-electron chi connectivity index (χ1n) is 9.29. The molecule has 3 heterocycles. The second-order valence-corrected chi connectivity index (χ2v) is 7.82. The zero-order valence-electron chi connectivity index (χ0n) is 16.1. The maximum absolute atomic E-state index is 11.6. The Kier molecular flexibility index (Phi) is 5.29. The number of aliphatic hydroxyl groups excluding tert-OH is 1. The molecule has 4 rings (SSSR count). The topological polar surface area (TPSA) is 143 Å². The van der Waals surface area contributed by atoms with Gasteiger partial charge in [0.25, 0.3) is 0 Å². The second-order valence-electron chi connectivity index (χ2n) is 6.77. The number of carbonyl (C=O) groups is 2. The molecule has 0 bridgehead atoms. The van der Waals surface area contributed by atoms with Crippen LogP contribution in [0.3, 0.4) is 0 Å². The minimum Gasteiger partial charge on any atom is -0.477 e. The minimum absolute atomic E-state index is 0.0641. The highest BCUT2D eigenvalue weighted by atomic mass is 32.1. The lowest BCUT2D eigenvalue weighted by atomic mass is 10.1. The number of hydrogen-bond donors (Lipinski definition) is 4. The molecule has 0 aliphatic carbocycles. The summed E-state index contributed by atoms with van der Waals surface area (Å²) in [5, 5.41) is 24.4. The number of ether oxygens (including phenoxy) is 1. The van der Waals surface area contributed by atoms with Crippen molar-refractivity contribution in [3.8, 4) is 11.4 Å². The van der Waals surface area contributed by atoms with Gasteiger partial charge in [-0.3, -0.25) is 4.79 Å². The number of carboxylic acids is 1. The Labute approximate surface area is 174 Å². The van der Waals surface area contributed by atoms with E-state index in [9.17, 15) is 19.8 Å². The van der Waals surface area contributed by atoms with E-state index >= 15 is 0 Å². The summed E-state index contributed by atoms with van der Waals surface area (Å²) in [6.45, 7) is 2.06. The van der Waals surface area contributed by atoms with Crippen molar-refractivity contribution in [2.24, 2.45) is 5.73 Å². The molecule has 0 saturated heterocycles. The smallest absolute Gasteiger partial charge is 0.345 e. The number of aromatic amines is 1. The van der Waals surface area contributed by atoms with Crippen molar-refractivity contribution >= 4 is 44.3 Å². The lowest BCUT2D eigenvalue weighted by Crippen LogP contribution is -2.22. The van der Waals surface area contributed by atoms with E-state index < -0.39 is 18.1 Å². The van der Waals surface area contributed by atoms with Crippen LogP contribution in [-0.4, -0.2) is 43.5 Å². The van der Waals surface area contributed by atoms with Crippen molar-refractivity contribution in [2.75, 3.05) is 6.61 Å². The van der Waals surface area contributed by atoms with E-state index in [1.165, 1.54) is 10.7 Å². The van der Waals surface area contributed by atoms with Crippen LogP contribution in [0.25, 0.3) is 32.5 Å². The van der Waals surface area contributed by atoms with E-state index in [2.05, 4.69) is 10.1 Å². The molecule has 156 valence electrons. The first kappa shape index (κ1) is 20.1. The third kappa shape index (κ3) is 3.56. The number of H-pyrrole nitrogens is 1. The fourth-order valence-corrected chi connectivity index (χ4v) is 4.40. The van der Waals surface area contributed by atoms with Gasteiger partial charge in [0.15, 0.2) is 6.23 Å². The van der Waals surface area contributed by atoms with Crippen molar-refractivity contribution in [3.05, 3.63) is 40.8 Å². The molecule has 0 aliphatic heterocycles. The molecule has 1 unspecified atom stereocenters. The third-order valence-corrected chi connectivity index (χ3v) is 5.84. The van der Waals surface area contributed by atoms with Crippen LogP contribution >= 0.6 is 11.3 Å². The quantitative estimate of drug-likeness (QED) is 0.340. The molecule has 1 aromatic carbocycles. The van der Waals surface area contributed by atoms with Gasteiger partial charge in [-0.05, 0) is 36.8 Å². The fourth-order valence-electron chi connectivity index (χ4n) is 3.42. The van der Waals surface area contributed by atoms with E-state index in [0.717, 1.165) is 27.8 Å². The number of amides is 1. The van der Waals surface area contributed by atoms with Crippen molar-refractivity contribution in [1.82, 2.24) is 14.8 Å². The highest BCUT2D eigenvalue weighted by molar-refractivity contribution is 7.21. The number of thiophene rings is 1. The molecule has 30 heavy (non-hydrogen) atoms. The van der Waals surface area contributed by atoms with Gasteiger partial charge in [-0.25, -0.2) is 9.48 Å². The number of aliphatic hydroxyl groups is 1. The van der Waals surface area contributed by atoms with Crippen LogP contribution in [0.1, 0.15) is 34.8 Å². The first-order chi connectivity index (χ1) is 14.4. The largest absolute Gasteiger partial charge is 0.477 e. The van der Waals surface area contributed by atoms with Crippen LogP contribution in [0.4, 0.5) is 0 Å². The van der Waals surface area contributed by atoms with Gasteiger partial charge in [-0.15, -0.1) is 11.3 Å². The SMILES string of the molecule is CCOC(CC(N)=O)n1nc(-c2cc3cc(CO)ccc3[nH]2)c2sc(C(=O)O)cc21. The molecule has 4 aromatic rings. The highest BCUT2D eigenvalue weighted by Gasteiger charge is 2.25. The highest BCUT2D eigenvalue weighted by Crippen LogP contribution is 2.37. The number of hydrogen-bond acceptors (Lipinski definition) is 6. The number of primary amides is 1. The molecule has 0 aliphatic rings. The third-order valence-electron chi connectivity index (χ3n) is 4.72. The molecule has 0 spiro atoms. The zero-order chi connectivity index (χ0) is 21.4. The molecule has 3 aromatic heterocycles. The molecule has 1 atom stereocenters. The number of fused-ring (bicyclic) bond motifs is 2. The van der Waals surface area contributed by atoms with Crippen LogP contribution in [0.2, 0.25) is 0 Å². The van der Waals surface area contributed by atoms with Gasteiger partial charge in [0, 0.05) is 17.5 Å². The van der Waals surface area contributed by atoms with Crippen molar-refractivity contribution in [2.45, 2.75) is 26.2 Å². The maximum atomic E-state index is 11.6. The van der Waals surface area contributed by atoms with Crippen LogP contribution in [-0.2, 0) is 16.1 Å². The Balaban J connectivity index is 1.91. The Morgan fingerprint density at radius 3 is 2.80 bits per heavy atom. The van der Waals surface area contributed by atoms with Crippen molar-refractivity contribution in [3.63, 3.8) is 0 Å². The Morgan fingerprint density at radius 2 is 2.13 bits per heavy atom. The van der Waals surface area contributed by atoms with E-state index in [0.29, 0.717) is 28.2 Å². The first-order valence-corrected chi connectivity index (χ1v) is 10.1. The molecule has 1 amide bonds. The van der Waals surface area contributed by atoms with Gasteiger partial charge in [0.1, 0.15) is 10.6 Å². The van der Waals surface area contributed by atoms with E-state index in [-0.39, 0.29) is 17.9 Å². The molecule has 0 saturated carbocycles. The molecular weight excluding hydrogens is 408 g/mol. The Bertz CT molecular complexity index is 1260. The van der Waals surface area contributed by atoms with Crippen LogP contribution < -0.4 is 5.73 Å². The molecule has 5 N–H and O–H groups in total. The summed E-state index contributed by atoms with van der Waals surface area (Å²) in [6.07, 6.45) is -0.833. The monoisotopic (exact) mass is 428 g/mol. The number of carbonyl (C=O) groups excluding carboxylic acids is 1. The zero-order valence-corrected chi connectivity index (χ0v) is 16.9. The van der Waals surface area contributed by atoms with E-state index in [1.807, 2.05) is 24.3 Å². The van der Waals surface area contributed by atoms with Crippen molar-refractivity contribution in [1.29, 1.82) is 0 Å². The molecular formula is C20H20N4O5S. The second kappa shape index (κ2) is 7.90. The number of aromatic nitrogens is 3. The fraction of sp³-hybridized carbons (Fsp3) is 0.250. The lowest BCUT2D eigenvalue weighted by Gasteiger charge is -2.16. The normalized spacial score (nSPS) is 12.6. The van der Waals surface area contributed by atoms with Gasteiger partial charge in [0.2, 0.25) is 5.91 Å². The van der Waals surface area contributed by atoms with E-state index in [4.69, 9.17) is 10.5 Å². The summed E-state index contributed by atoms with van der Waals surface area (Å²) in [5.74, 6) is -1.59. The van der Waals surface area contributed by atoms with Gasteiger partial charge >= 0.3 is 5.97 Å². The van der Waals surface area contributed by atoms with Crippen LogP contribution in [0.15, 0.2) is 30.3 Å². The van der Waals surface area contributed by atoms with E-state index in [1.54, 1.807) is 6.92 Å². The number of benzene rings is 1. The van der Waals surface area contributed by atoms with Crippen LogP contribution in [0, 0.1) is 0 Å². The summed E-state index contributed by atoms with van der Waals surface area (Å²) in [6, 6.07) is 8.98. The number of aromatic carboxylic acids is 1. The standard InChI is InChI=1S/C20H20N4O5S/c1-2-29-17(8-16(21)26)24-14-7-15(20(27)28)30-19(14)18(23-24)13-6-11-5-10(9-25)3-4-12(11)22-13/h3-7,17,22,25H,2,8-9H2,1H3,(H2,21,26)(H,27,28). The molecule has 10 heteroatoms. The summed E-state index contributed by atoms with van der Waals surface area (Å²) in [5.41, 5.74) is 8.82. The van der Waals surface area contributed by atoms with Gasteiger partial charge in [0.05, 0.1) is 28.9 Å². The molecule has 9 nitrogen and oxygen atoms in total. The number of rotatable bonds is 8. The Morgan fingerprint density at radius 1 is 1.33 bits per heavy atom. The van der Waals surface area contributed by atoms with Gasteiger partial charge < -0.3 is 25.7 Å². The number of nitrogens with two attached hydrogens (primary N) is 1. The lowest BCUT2D eigenvalue weighted by molar-refractivity contribution is -0.123.